The first-order valence-electron chi connectivity index (χ1n) is 7.49. The summed E-state index contributed by atoms with van der Waals surface area (Å²) in [5.74, 6) is 1.21. The molecule has 2 N–H and O–H groups in total. The third-order valence-electron chi connectivity index (χ3n) is 3.56. The van der Waals surface area contributed by atoms with Gasteiger partial charge < -0.3 is 20.1 Å². The van der Waals surface area contributed by atoms with E-state index in [1.165, 1.54) is 6.33 Å². The van der Waals surface area contributed by atoms with Crippen molar-refractivity contribution in [1.82, 2.24) is 9.97 Å². The van der Waals surface area contributed by atoms with Crippen molar-refractivity contribution in [2.75, 3.05) is 36.6 Å². The van der Waals surface area contributed by atoms with Crippen molar-refractivity contribution < 1.29 is 23.0 Å². The Hall–Kier alpha value is -1.61. The number of nitrogens with one attached hydrogen (secondary N) is 1. The predicted molar refractivity (Wildman–Crippen MR) is 79.4 cm³/mol. The van der Waals surface area contributed by atoms with Crippen LogP contribution >= 0.6 is 0 Å². The Morgan fingerprint density at radius 2 is 2.26 bits per heavy atom. The second kappa shape index (κ2) is 7.78. The van der Waals surface area contributed by atoms with Gasteiger partial charge in [0, 0.05) is 18.7 Å². The SMILES string of the molecule is C[C@H](COCC(F)(F)F)Nc1cc(N2CCC[C@H]2CO)ncn1. The highest BCUT2D eigenvalue weighted by molar-refractivity contribution is 5.50. The van der Waals surface area contributed by atoms with E-state index in [0.29, 0.717) is 11.6 Å². The molecule has 1 aliphatic rings. The molecule has 130 valence electrons. The van der Waals surface area contributed by atoms with Gasteiger partial charge in [-0.15, -0.1) is 0 Å². The fourth-order valence-electron chi connectivity index (χ4n) is 2.56. The highest BCUT2D eigenvalue weighted by atomic mass is 19.4. The number of halogens is 3. The van der Waals surface area contributed by atoms with E-state index in [4.69, 9.17) is 0 Å². The molecule has 0 spiro atoms. The smallest absolute Gasteiger partial charge is 0.394 e. The van der Waals surface area contributed by atoms with E-state index in [1.54, 1.807) is 13.0 Å². The zero-order valence-corrected chi connectivity index (χ0v) is 12.9. The topological polar surface area (TPSA) is 70.5 Å². The van der Waals surface area contributed by atoms with E-state index >= 15 is 0 Å². The van der Waals surface area contributed by atoms with Crippen LogP contribution in [0.3, 0.4) is 0 Å². The first kappa shape index (κ1) is 17.7. The number of aliphatic hydroxyl groups is 1. The van der Waals surface area contributed by atoms with Crippen LogP contribution in [0, 0.1) is 0 Å². The molecule has 0 saturated carbocycles. The molecule has 1 fully saturated rings. The summed E-state index contributed by atoms with van der Waals surface area (Å²) in [5, 5.41) is 12.4. The van der Waals surface area contributed by atoms with Crippen molar-refractivity contribution in [3.8, 4) is 0 Å². The summed E-state index contributed by atoms with van der Waals surface area (Å²) in [4.78, 5) is 10.3. The maximum Gasteiger partial charge on any atom is 0.411 e. The number of anilines is 2. The van der Waals surface area contributed by atoms with Gasteiger partial charge in [-0.2, -0.15) is 13.2 Å². The van der Waals surface area contributed by atoms with Crippen LogP contribution < -0.4 is 10.2 Å². The standard InChI is InChI=1S/C14H21F3N4O2/c1-10(7-23-8-14(15,16)17)20-12-5-13(19-9-18-12)21-4-2-3-11(21)6-22/h5,9-11,22H,2-4,6-8H2,1H3,(H,18,19,20)/t10-,11+/m1/s1. The van der Waals surface area contributed by atoms with Gasteiger partial charge in [0.05, 0.1) is 19.3 Å². The number of aliphatic hydroxyl groups excluding tert-OH is 1. The maximum atomic E-state index is 12.0. The molecule has 2 rings (SSSR count). The van der Waals surface area contributed by atoms with Gasteiger partial charge in [-0.1, -0.05) is 0 Å². The minimum atomic E-state index is -4.32. The van der Waals surface area contributed by atoms with E-state index in [1.807, 2.05) is 4.90 Å². The third kappa shape index (κ3) is 5.51. The monoisotopic (exact) mass is 334 g/mol. The number of hydrogen-bond acceptors (Lipinski definition) is 6. The third-order valence-corrected chi connectivity index (χ3v) is 3.56. The Labute approximate surface area is 132 Å². The molecule has 9 heteroatoms. The normalized spacial score (nSPS) is 19.9. The van der Waals surface area contributed by atoms with Crippen LogP contribution in [0.15, 0.2) is 12.4 Å². The predicted octanol–water partition coefficient (Wildman–Crippen LogP) is 1.82. The number of aromatic nitrogens is 2. The lowest BCUT2D eigenvalue weighted by molar-refractivity contribution is -0.174. The van der Waals surface area contributed by atoms with Gasteiger partial charge in [0.15, 0.2) is 0 Å². The Bertz CT molecular complexity index is 501. The molecule has 6 nitrogen and oxygen atoms in total. The molecule has 1 saturated heterocycles. The zero-order chi connectivity index (χ0) is 16.9. The van der Waals surface area contributed by atoms with Gasteiger partial charge in [0.25, 0.3) is 0 Å². The van der Waals surface area contributed by atoms with Crippen molar-refractivity contribution >= 4 is 11.6 Å². The van der Waals surface area contributed by atoms with Gasteiger partial charge in [0.1, 0.15) is 24.6 Å². The van der Waals surface area contributed by atoms with Crippen molar-refractivity contribution in [2.24, 2.45) is 0 Å². The van der Waals surface area contributed by atoms with Crippen molar-refractivity contribution in [3.05, 3.63) is 12.4 Å². The van der Waals surface area contributed by atoms with Crippen LogP contribution in [0.5, 0.6) is 0 Å². The van der Waals surface area contributed by atoms with Crippen LogP contribution in [-0.2, 0) is 4.74 Å². The average Bonchev–Trinajstić information content (AvgIpc) is 2.94. The first-order chi connectivity index (χ1) is 10.9. The average molecular weight is 334 g/mol. The molecule has 0 aliphatic carbocycles. The van der Waals surface area contributed by atoms with Crippen molar-refractivity contribution in [1.29, 1.82) is 0 Å². The van der Waals surface area contributed by atoms with Crippen LogP contribution in [0.2, 0.25) is 0 Å². The molecule has 0 bridgehead atoms. The Morgan fingerprint density at radius 3 is 2.96 bits per heavy atom. The Morgan fingerprint density at radius 1 is 1.48 bits per heavy atom. The van der Waals surface area contributed by atoms with Gasteiger partial charge in [-0.3, -0.25) is 0 Å². The van der Waals surface area contributed by atoms with Crippen LogP contribution in [0.1, 0.15) is 19.8 Å². The zero-order valence-electron chi connectivity index (χ0n) is 12.9. The summed E-state index contributed by atoms with van der Waals surface area (Å²) in [6.45, 7) is 1.24. The van der Waals surface area contributed by atoms with E-state index in [0.717, 1.165) is 19.4 Å². The molecule has 0 unspecified atom stereocenters. The lowest BCUT2D eigenvalue weighted by Gasteiger charge is -2.24. The molecule has 0 aromatic carbocycles. The summed E-state index contributed by atoms with van der Waals surface area (Å²) >= 11 is 0. The number of alkyl halides is 3. The van der Waals surface area contributed by atoms with Gasteiger partial charge in [-0.05, 0) is 19.8 Å². The second-order valence-electron chi connectivity index (χ2n) is 5.61. The molecule has 2 heterocycles. The van der Waals surface area contributed by atoms with Gasteiger partial charge >= 0.3 is 6.18 Å². The minimum absolute atomic E-state index is 0.0466. The number of ether oxygens (including phenoxy) is 1. The second-order valence-corrected chi connectivity index (χ2v) is 5.61. The fraction of sp³-hybridized carbons (Fsp3) is 0.714. The van der Waals surface area contributed by atoms with Crippen LogP contribution in [-0.4, -0.2) is 59.7 Å². The molecule has 1 aliphatic heterocycles. The molecule has 2 atom stereocenters. The molecular formula is C14H21F3N4O2. The highest BCUT2D eigenvalue weighted by Crippen LogP contribution is 2.24. The van der Waals surface area contributed by atoms with Gasteiger partial charge in [-0.25, -0.2) is 9.97 Å². The lowest BCUT2D eigenvalue weighted by Crippen LogP contribution is -2.33. The maximum absolute atomic E-state index is 12.0. The molecule has 1 aromatic heterocycles. The van der Waals surface area contributed by atoms with Crippen molar-refractivity contribution in [2.45, 2.75) is 38.0 Å². The molecule has 0 radical (unpaired) electrons. The number of hydrogen-bond donors (Lipinski definition) is 2. The van der Waals surface area contributed by atoms with E-state index in [-0.39, 0.29) is 25.3 Å². The quantitative estimate of drug-likeness (QED) is 0.793. The lowest BCUT2D eigenvalue weighted by atomic mass is 10.2. The van der Waals surface area contributed by atoms with Crippen molar-refractivity contribution in [3.63, 3.8) is 0 Å². The van der Waals surface area contributed by atoms with E-state index in [9.17, 15) is 18.3 Å². The molecular weight excluding hydrogens is 313 g/mol. The number of rotatable bonds is 7. The minimum Gasteiger partial charge on any atom is -0.394 e. The Kier molecular flexibility index (Phi) is 6.00. The van der Waals surface area contributed by atoms with Crippen LogP contribution in [0.4, 0.5) is 24.8 Å². The fourth-order valence-corrected chi connectivity index (χ4v) is 2.56. The molecule has 23 heavy (non-hydrogen) atoms. The molecule has 0 amide bonds. The summed E-state index contributed by atoms with van der Waals surface area (Å²) in [6, 6.07) is 1.45. The summed E-state index contributed by atoms with van der Waals surface area (Å²) in [7, 11) is 0. The first-order valence-corrected chi connectivity index (χ1v) is 7.49. The summed E-state index contributed by atoms with van der Waals surface area (Å²) in [5.41, 5.74) is 0. The largest absolute Gasteiger partial charge is 0.411 e. The van der Waals surface area contributed by atoms with E-state index < -0.39 is 12.8 Å². The summed E-state index contributed by atoms with van der Waals surface area (Å²) in [6.07, 6.45) is -1.03. The Balaban J connectivity index is 1.89. The number of nitrogens with zero attached hydrogens (tertiary/aromatic N) is 3. The molecule has 1 aromatic rings. The van der Waals surface area contributed by atoms with Gasteiger partial charge in [0.2, 0.25) is 0 Å². The van der Waals surface area contributed by atoms with Crippen LogP contribution in [0.25, 0.3) is 0 Å². The van der Waals surface area contributed by atoms with E-state index in [2.05, 4.69) is 20.0 Å². The summed E-state index contributed by atoms with van der Waals surface area (Å²) < 4.78 is 40.7. The highest BCUT2D eigenvalue weighted by Gasteiger charge is 2.28.